The third-order valence-electron chi connectivity index (χ3n) is 2.24. The first-order valence-electron chi connectivity index (χ1n) is 3.91. The average Bonchev–Trinajstić information content (AvgIpc) is 2.65. The molecule has 2 fully saturated rings. The van der Waals surface area contributed by atoms with Gasteiger partial charge in [-0.05, 0) is 23.9 Å². The summed E-state index contributed by atoms with van der Waals surface area (Å²) in [4.78, 5) is 11.0. The highest BCUT2D eigenvalue weighted by molar-refractivity contribution is 8.19. The summed E-state index contributed by atoms with van der Waals surface area (Å²) in [5.41, 5.74) is 1.00. The number of hydrogen-bond acceptors (Lipinski definition) is 3. The molecule has 0 amide bonds. The standard InChI is InChI=1S/C8H6NO2PS/c10-8-7-9(12(7,13)11-8)6-4-2-1-3-5-6/h1-5,7H/t7-,9?,12?/m0/s1. The van der Waals surface area contributed by atoms with Gasteiger partial charge in [0.2, 0.25) is 12.2 Å². The van der Waals surface area contributed by atoms with E-state index in [1.165, 1.54) is 0 Å². The van der Waals surface area contributed by atoms with Crippen LogP contribution in [-0.2, 0) is 21.1 Å². The molecule has 2 aliphatic heterocycles. The molecule has 0 aromatic heterocycles. The zero-order valence-corrected chi connectivity index (χ0v) is 8.29. The lowest BCUT2D eigenvalue weighted by Gasteiger charge is -2.07. The fourth-order valence-electron chi connectivity index (χ4n) is 1.56. The van der Waals surface area contributed by atoms with Crippen molar-refractivity contribution in [2.45, 2.75) is 5.78 Å². The zero-order valence-electron chi connectivity index (χ0n) is 6.58. The Balaban J connectivity index is 2.00. The summed E-state index contributed by atoms with van der Waals surface area (Å²) in [6, 6.07) is 9.69. The fraction of sp³-hybridized carbons (Fsp3) is 0.125. The van der Waals surface area contributed by atoms with Gasteiger partial charge >= 0.3 is 5.97 Å². The second-order valence-corrected chi connectivity index (χ2v) is 6.83. The van der Waals surface area contributed by atoms with Crippen LogP contribution in [-0.4, -0.2) is 11.8 Å². The SMILES string of the molecule is O=C1OP2(=S)[C@@H]1N2c1ccccc1. The van der Waals surface area contributed by atoms with Crippen molar-refractivity contribution in [2.24, 2.45) is 0 Å². The summed E-state index contributed by atoms with van der Waals surface area (Å²) in [5.74, 6) is -0.267. The summed E-state index contributed by atoms with van der Waals surface area (Å²) >= 11 is 5.22. The van der Waals surface area contributed by atoms with Crippen molar-refractivity contribution >= 4 is 29.9 Å². The number of fused-ring (bicyclic) bond motifs is 1. The molecule has 5 heteroatoms. The second kappa shape index (κ2) is 2.14. The van der Waals surface area contributed by atoms with Crippen LogP contribution in [0, 0.1) is 0 Å². The van der Waals surface area contributed by atoms with E-state index in [0.717, 1.165) is 5.69 Å². The average molecular weight is 211 g/mol. The quantitative estimate of drug-likeness (QED) is 0.522. The van der Waals surface area contributed by atoms with Gasteiger partial charge in [0.1, 0.15) is 0 Å². The molecule has 66 valence electrons. The third kappa shape index (κ3) is 0.798. The van der Waals surface area contributed by atoms with Crippen molar-refractivity contribution < 1.29 is 9.32 Å². The monoisotopic (exact) mass is 211 g/mol. The van der Waals surface area contributed by atoms with Crippen LogP contribution < -0.4 is 4.67 Å². The molecule has 13 heavy (non-hydrogen) atoms. The number of hydrogen-bond donors (Lipinski definition) is 0. The summed E-state index contributed by atoms with van der Waals surface area (Å²) in [7, 11) is 0. The normalized spacial score (nSPS) is 34.6. The first-order valence-corrected chi connectivity index (χ1v) is 6.65. The molecule has 3 rings (SSSR count). The molecule has 0 aliphatic carbocycles. The molecule has 2 aliphatic rings. The maximum atomic E-state index is 11.0. The minimum atomic E-state index is -1.87. The number of carbonyl (C=O) groups excluding carboxylic acids is 1. The molecule has 3 nitrogen and oxygen atoms in total. The Hall–Kier alpha value is -0.860. The summed E-state index contributed by atoms with van der Waals surface area (Å²) in [6.45, 7) is 0. The molecule has 0 saturated carbocycles. The predicted octanol–water partition coefficient (Wildman–Crippen LogP) is 1.70. The number of nitrogens with zero attached hydrogens (tertiary/aromatic N) is 1. The molecule has 2 saturated heterocycles. The van der Waals surface area contributed by atoms with E-state index in [2.05, 4.69) is 0 Å². The van der Waals surface area contributed by atoms with Crippen LogP contribution >= 0.6 is 6.42 Å². The molecular weight excluding hydrogens is 205 g/mol. The number of benzene rings is 1. The van der Waals surface area contributed by atoms with Gasteiger partial charge in [-0.15, -0.1) is 0 Å². The van der Waals surface area contributed by atoms with Crippen molar-refractivity contribution in [3.63, 3.8) is 0 Å². The van der Waals surface area contributed by atoms with Gasteiger partial charge in [0.05, 0.1) is 0 Å². The van der Waals surface area contributed by atoms with Crippen LogP contribution in [0.1, 0.15) is 0 Å². The van der Waals surface area contributed by atoms with Gasteiger partial charge in [0, 0.05) is 5.69 Å². The Morgan fingerprint density at radius 3 is 2.54 bits per heavy atom. The van der Waals surface area contributed by atoms with Crippen molar-refractivity contribution in [3.8, 4) is 0 Å². The molecular formula is C8H6NO2PS. The van der Waals surface area contributed by atoms with Crippen molar-refractivity contribution in [1.29, 1.82) is 0 Å². The molecule has 1 unspecified atom stereocenters. The highest BCUT2D eigenvalue weighted by Crippen LogP contribution is 2.81. The van der Waals surface area contributed by atoms with E-state index in [0.29, 0.717) is 0 Å². The van der Waals surface area contributed by atoms with Crippen LogP contribution in [0.25, 0.3) is 0 Å². The van der Waals surface area contributed by atoms with E-state index in [-0.39, 0.29) is 11.8 Å². The van der Waals surface area contributed by atoms with E-state index < -0.39 is 6.42 Å². The number of anilines is 1. The maximum absolute atomic E-state index is 11.0. The number of rotatable bonds is 1. The molecule has 2 heterocycles. The molecule has 0 spiro atoms. The van der Waals surface area contributed by atoms with Gasteiger partial charge in [-0.1, -0.05) is 18.2 Å². The maximum Gasteiger partial charge on any atom is 0.344 e. The Kier molecular flexibility index (Phi) is 1.24. The third-order valence-corrected chi connectivity index (χ3v) is 5.92. The van der Waals surface area contributed by atoms with E-state index in [9.17, 15) is 4.79 Å². The first kappa shape index (κ1) is 7.54. The van der Waals surface area contributed by atoms with Gasteiger partial charge in [0.25, 0.3) is 0 Å². The molecule has 0 N–H and O–H groups in total. The Morgan fingerprint density at radius 2 is 2.08 bits per heavy atom. The fourth-order valence-corrected chi connectivity index (χ4v) is 5.08. The largest absolute Gasteiger partial charge is 0.414 e. The summed E-state index contributed by atoms with van der Waals surface area (Å²) < 4.78 is 6.90. The highest BCUT2D eigenvalue weighted by Gasteiger charge is 2.73. The van der Waals surface area contributed by atoms with Gasteiger partial charge in [-0.3, -0.25) is 4.67 Å². The van der Waals surface area contributed by atoms with Gasteiger partial charge in [-0.25, -0.2) is 4.79 Å². The molecule has 1 aromatic rings. The van der Waals surface area contributed by atoms with Gasteiger partial charge < -0.3 is 4.52 Å². The van der Waals surface area contributed by atoms with Crippen LogP contribution in [0.5, 0.6) is 0 Å². The molecule has 0 bridgehead atoms. The molecule has 0 radical (unpaired) electrons. The second-order valence-electron chi connectivity index (χ2n) is 3.03. The van der Waals surface area contributed by atoms with E-state index in [4.69, 9.17) is 16.3 Å². The van der Waals surface area contributed by atoms with Gasteiger partial charge in [-0.2, -0.15) is 0 Å². The Labute approximate surface area is 80.4 Å². The summed E-state index contributed by atoms with van der Waals surface area (Å²) in [5, 5.41) is 0. The lowest BCUT2D eigenvalue weighted by molar-refractivity contribution is -0.134. The van der Waals surface area contributed by atoms with Crippen molar-refractivity contribution in [2.75, 3.05) is 4.67 Å². The first-order chi connectivity index (χ1) is 6.23. The summed E-state index contributed by atoms with van der Waals surface area (Å²) in [6.07, 6.45) is -1.87. The van der Waals surface area contributed by atoms with Crippen LogP contribution in [0.4, 0.5) is 5.69 Å². The van der Waals surface area contributed by atoms with Crippen LogP contribution in [0.2, 0.25) is 0 Å². The van der Waals surface area contributed by atoms with Crippen LogP contribution in [0.15, 0.2) is 30.3 Å². The number of para-hydroxylation sites is 1. The van der Waals surface area contributed by atoms with E-state index >= 15 is 0 Å². The van der Waals surface area contributed by atoms with Crippen molar-refractivity contribution in [3.05, 3.63) is 30.3 Å². The topological polar surface area (TPSA) is 29.3 Å². The Bertz CT molecular complexity index is 433. The van der Waals surface area contributed by atoms with Crippen LogP contribution in [0.3, 0.4) is 0 Å². The molecule has 1 aromatic carbocycles. The smallest absolute Gasteiger partial charge is 0.344 e. The molecule has 2 atom stereocenters. The highest BCUT2D eigenvalue weighted by atomic mass is 32.5. The zero-order chi connectivity index (χ0) is 9.05. The lowest BCUT2D eigenvalue weighted by atomic mass is 10.3. The minimum Gasteiger partial charge on any atom is -0.414 e. The number of carbonyl (C=O) groups is 1. The lowest BCUT2D eigenvalue weighted by Crippen LogP contribution is -2.16. The van der Waals surface area contributed by atoms with E-state index in [1.54, 1.807) is 0 Å². The minimum absolute atomic E-state index is 0.107. The van der Waals surface area contributed by atoms with E-state index in [1.807, 2.05) is 35.0 Å². The Morgan fingerprint density at radius 1 is 1.38 bits per heavy atom. The van der Waals surface area contributed by atoms with Crippen molar-refractivity contribution in [1.82, 2.24) is 0 Å². The predicted molar refractivity (Wildman–Crippen MR) is 53.1 cm³/mol. The van der Waals surface area contributed by atoms with Gasteiger partial charge in [0.15, 0.2) is 0 Å².